The van der Waals surface area contributed by atoms with E-state index in [9.17, 15) is 0 Å². The lowest BCUT2D eigenvalue weighted by Crippen LogP contribution is -2.25. The summed E-state index contributed by atoms with van der Waals surface area (Å²) in [5.41, 5.74) is 4.82. The van der Waals surface area contributed by atoms with Gasteiger partial charge in [0.2, 0.25) is 0 Å². The van der Waals surface area contributed by atoms with Gasteiger partial charge in [-0.3, -0.25) is 4.68 Å². The first-order chi connectivity index (χ1) is 9.06. The van der Waals surface area contributed by atoms with E-state index in [0.29, 0.717) is 0 Å². The Hall–Kier alpha value is -1.48. The van der Waals surface area contributed by atoms with Gasteiger partial charge in [0.15, 0.2) is 5.82 Å². The summed E-state index contributed by atoms with van der Waals surface area (Å²) in [4.78, 5) is 2.26. The van der Waals surface area contributed by atoms with Crippen molar-refractivity contribution >= 4 is 23.1 Å². The lowest BCUT2D eigenvalue weighted by atomic mass is 10.0. The lowest BCUT2D eigenvalue weighted by Gasteiger charge is -2.29. The smallest absolute Gasteiger partial charge is 0.158 e. The van der Waals surface area contributed by atoms with Crippen LogP contribution in [0, 0.1) is 13.8 Å². The Morgan fingerprint density at radius 2 is 2.05 bits per heavy atom. The lowest BCUT2D eigenvalue weighted by molar-refractivity contribution is 0.741. The maximum Gasteiger partial charge on any atom is 0.158 e. The van der Waals surface area contributed by atoms with E-state index in [1.54, 1.807) is 0 Å². The molecule has 1 aliphatic rings. The quantitative estimate of drug-likeness (QED) is 0.790. The molecule has 0 fully saturated rings. The first kappa shape index (κ1) is 12.5. The number of nitrogens with zero attached hydrogens (tertiary/aromatic N) is 3. The van der Waals surface area contributed by atoms with Crippen molar-refractivity contribution in [2.75, 3.05) is 11.4 Å². The van der Waals surface area contributed by atoms with E-state index in [2.05, 4.69) is 36.1 Å². The highest BCUT2D eigenvalue weighted by molar-refractivity contribution is 6.33. The van der Waals surface area contributed by atoms with Crippen molar-refractivity contribution < 1.29 is 0 Å². The molecule has 100 valence electrons. The second kappa shape index (κ2) is 4.57. The Morgan fingerprint density at radius 1 is 1.26 bits per heavy atom. The van der Waals surface area contributed by atoms with Crippen molar-refractivity contribution in [3.05, 3.63) is 40.0 Å². The number of benzene rings is 1. The molecule has 0 spiro atoms. The summed E-state index contributed by atoms with van der Waals surface area (Å²) in [6, 6.07) is 4.21. The van der Waals surface area contributed by atoms with Gasteiger partial charge in [0.05, 0.1) is 10.7 Å². The molecule has 3 nitrogen and oxygen atoms in total. The Labute approximate surface area is 118 Å². The number of aryl methyl sites for hydroxylation is 4. The van der Waals surface area contributed by atoms with E-state index in [-0.39, 0.29) is 0 Å². The van der Waals surface area contributed by atoms with Gasteiger partial charge in [-0.2, -0.15) is 5.10 Å². The highest BCUT2D eigenvalue weighted by Crippen LogP contribution is 2.38. The minimum atomic E-state index is 0.816. The average molecular weight is 276 g/mol. The van der Waals surface area contributed by atoms with Gasteiger partial charge in [0.25, 0.3) is 0 Å². The molecule has 3 rings (SSSR count). The third-order valence-corrected chi connectivity index (χ3v) is 3.92. The largest absolute Gasteiger partial charge is 0.323 e. The van der Waals surface area contributed by atoms with E-state index < -0.39 is 0 Å². The molecule has 0 amide bonds. The molecule has 1 aromatic heterocycles. The Kier molecular flexibility index (Phi) is 3.02. The van der Waals surface area contributed by atoms with E-state index in [1.807, 2.05) is 17.8 Å². The number of anilines is 2. The highest BCUT2D eigenvalue weighted by atomic mass is 35.5. The van der Waals surface area contributed by atoms with Crippen LogP contribution in [-0.2, 0) is 13.5 Å². The third kappa shape index (κ3) is 2.12. The number of hydrogen-bond donors (Lipinski definition) is 0. The predicted octanol–water partition coefficient (Wildman–Crippen LogP) is 3.77. The molecule has 0 saturated heterocycles. The number of halogens is 1. The van der Waals surface area contributed by atoms with Gasteiger partial charge in [0.1, 0.15) is 0 Å². The molecule has 2 heterocycles. The van der Waals surface area contributed by atoms with Gasteiger partial charge in [-0.05, 0) is 43.9 Å². The summed E-state index contributed by atoms with van der Waals surface area (Å²) < 4.78 is 1.89. The minimum absolute atomic E-state index is 0.816. The fourth-order valence-corrected chi connectivity index (χ4v) is 3.35. The maximum absolute atomic E-state index is 6.47. The molecule has 0 N–H and O–H groups in total. The Morgan fingerprint density at radius 3 is 2.79 bits per heavy atom. The van der Waals surface area contributed by atoms with E-state index in [4.69, 9.17) is 11.6 Å². The predicted molar refractivity (Wildman–Crippen MR) is 79.5 cm³/mol. The van der Waals surface area contributed by atoms with Gasteiger partial charge in [-0.25, -0.2) is 0 Å². The van der Waals surface area contributed by atoms with Crippen molar-refractivity contribution in [2.24, 2.45) is 7.05 Å². The van der Waals surface area contributed by atoms with E-state index in [1.165, 1.54) is 16.7 Å². The molecule has 19 heavy (non-hydrogen) atoms. The second-order valence-corrected chi connectivity index (χ2v) is 5.73. The maximum atomic E-state index is 6.47. The first-order valence-corrected chi connectivity index (χ1v) is 7.01. The topological polar surface area (TPSA) is 21.1 Å². The molecule has 0 saturated carbocycles. The van der Waals surface area contributed by atoms with Gasteiger partial charge in [-0.15, -0.1) is 0 Å². The zero-order valence-electron chi connectivity index (χ0n) is 11.6. The molecule has 0 radical (unpaired) electrons. The van der Waals surface area contributed by atoms with E-state index >= 15 is 0 Å². The molecule has 0 bridgehead atoms. The van der Waals surface area contributed by atoms with Gasteiger partial charge in [0, 0.05) is 25.4 Å². The Bertz CT molecular complexity index is 607. The molecule has 0 aliphatic carbocycles. The second-order valence-electron chi connectivity index (χ2n) is 5.32. The average Bonchev–Trinajstić information content (AvgIpc) is 2.68. The molecular weight excluding hydrogens is 258 g/mol. The summed E-state index contributed by atoms with van der Waals surface area (Å²) in [5.74, 6) is 1.06. The zero-order chi connectivity index (χ0) is 13.6. The fraction of sp³-hybridized carbons (Fsp3) is 0.400. The molecule has 2 aromatic rings. The molecule has 4 heteroatoms. The van der Waals surface area contributed by atoms with Gasteiger partial charge < -0.3 is 4.90 Å². The standard InChI is InChI=1S/C15H18ClN3/c1-10-7-11(2)14(13(16)8-10)19-6-4-5-12-9-18(3)17-15(12)19/h7-9H,4-6H2,1-3H3. The van der Waals surface area contributed by atoms with Crippen LogP contribution in [0.3, 0.4) is 0 Å². The van der Waals surface area contributed by atoms with Crippen LogP contribution in [-0.4, -0.2) is 16.3 Å². The van der Waals surface area contributed by atoms with Crippen LogP contribution in [0.2, 0.25) is 5.02 Å². The van der Waals surface area contributed by atoms with Crippen LogP contribution in [0.1, 0.15) is 23.1 Å². The molecular formula is C15H18ClN3. The van der Waals surface area contributed by atoms with Crippen LogP contribution >= 0.6 is 11.6 Å². The van der Waals surface area contributed by atoms with Crippen LogP contribution in [0.4, 0.5) is 11.5 Å². The van der Waals surface area contributed by atoms with Crippen molar-refractivity contribution in [3.8, 4) is 0 Å². The SMILES string of the molecule is Cc1cc(C)c(N2CCCc3cn(C)nc32)c(Cl)c1. The molecule has 0 unspecified atom stereocenters. The summed E-state index contributed by atoms with van der Waals surface area (Å²) >= 11 is 6.47. The van der Waals surface area contributed by atoms with Crippen LogP contribution in [0.5, 0.6) is 0 Å². The summed E-state index contributed by atoms with van der Waals surface area (Å²) in [6.45, 7) is 5.17. The normalized spacial score (nSPS) is 14.6. The highest BCUT2D eigenvalue weighted by Gasteiger charge is 2.24. The summed E-state index contributed by atoms with van der Waals surface area (Å²) in [5, 5.41) is 5.41. The number of rotatable bonds is 1. The Balaban J connectivity index is 2.14. The van der Waals surface area contributed by atoms with Crippen molar-refractivity contribution in [1.82, 2.24) is 9.78 Å². The summed E-state index contributed by atoms with van der Waals surface area (Å²) in [7, 11) is 1.97. The molecule has 1 aliphatic heterocycles. The monoisotopic (exact) mass is 275 g/mol. The van der Waals surface area contributed by atoms with Crippen LogP contribution in [0.25, 0.3) is 0 Å². The number of fused-ring (bicyclic) bond motifs is 1. The third-order valence-electron chi connectivity index (χ3n) is 3.63. The molecule has 1 aromatic carbocycles. The summed E-state index contributed by atoms with van der Waals surface area (Å²) in [6.07, 6.45) is 4.35. The molecule has 0 atom stereocenters. The van der Waals surface area contributed by atoms with Crippen molar-refractivity contribution in [3.63, 3.8) is 0 Å². The van der Waals surface area contributed by atoms with Crippen molar-refractivity contribution in [2.45, 2.75) is 26.7 Å². The van der Waals surface area contributed by atoms with Crippen molar-refractivity contribution in [1.29, 1.82) is 0 Å². The van der Waals surface area contributed by atoms with E-state index in [0.717, 1.165) is 35.9 Å². The fourth-order valence-electron chi connectivity index (χ4n) is 2.93. The number of hydrogen-bond acceptors (Lipinski definition) is 2. The van der Waals surface area contributed by atoms with Crippen LogP contribution < -0.4 is 4.90 Å². The van der Waals surface area contributed by atoms with Gasteiger partial charge in [-0.1, -0.05) is 17.7 Å². The minimum Gasteiger partial charge on any atom is -0.323 e. The number of aromatic nitrogens is 2. The van der Waals surface area contributed by atoms with Crippen LogP contribution in [0.15, 0.2) is 18.3 Å². The zero-order valence-corrected chi connectivity index (χ0v) is 12.3. The first-order valence-electron chi connectivity index (χ1n) is 6.63. The van der Waals surface area contributed by atoms with Gasteiger partial charge >= 0.3 is 0 Å².